The van der Waals surface area contributed by atoms with Gasteiger partial charge in [-0.1, -0.05) is 41.9 Å². The highest BCUT2D eigenvalue weighted by atomic mass is 35.5. The van der Waals surface area contributed by atoms with E-state index in [9.17, 15) is 4.79 Å². The summed E-state index contributed by atoms with van der Waals surface area (Å²) >= 11 is 7.21. The lowest BCUT2D eigenvalue weighted by molar-refractivity contribution is -0.0226. The lowest BCUT2D eigenvalue weighted by Crippen LogP contribution is -2.42. The molecule has 1 fully saturated rings. The standard InChI is InChI=1S/C15H14ClNO2S/c16-14-7-6-13(20-14)15(18)17-8-9-19-12(10-17)11-4-2-1-3-5-11/h1-7,12H,8-10H2. The van der Waals surface area contributed by atoms with Crippen LogP contribution in [-0.4, -0.2) is 30.5 Å². The summed E-state index contributed by atoms with van der Waals surface area (Å²) in [4.78, 5) is 14.9. The third kappa shape index (κ3) is 2.87. The molecule has 1 aliphatic heterocycles. The molecule has 0 spiro atoms. The Morgan fingerprint density at radius 1 is 1.25 bits per heavy atom. The second-order valence-corrected chi connectivity index (χ2v) is 6.34. The van der Waals surface area contributed by atoms with Gasteiger partial charge in [-0.3, -0.25) is 4.79 Å². The van der Waals surface area contributed by atoms with Gasteiger partial charge < -0.3 is 9.64 Å². The van der Waals surface area contributed by atoms with Crippen LogP contribution in [0.3, 0.4) is 0 Å². The first-order chi connectivity index (χ1) is 9.74. The summed E-state index contributed by atoms with van der Waals surface area (Å²) in [6.07, 6.45) is -0.0515. The third-order valence-electron chi connectivity index (χ3n) is 3.31. The molecule has 3 nitrogen and oxygen atoms in total. The van der Waals surface area contributed by atoms with Crippen LogP contribution in [0.1, 0.15) is 21.3 Å². The molecule has 1 atom stereocenters. The van der Waals surface area contributed by atoms with E-state index in [-0.39, 0.29) is 12.0 Å². The first kappa shape index (κ1) is 13.6. The van der Waals surface area contributed by atoms with Crippen LogP contribution >= 0.6 is 22.9 Å². The van der Waals surface area contributed by atoms with E-state index < -0.39 is 0 Å². The number of carbonyl (C=O) groups is 1. The summed E-state index contributed by atoms with van der Waals surface area (Å²) in [6, 6.07) is 13.5. The van der Waals surface area contributed by atoms with Gasteiger partial charge in [0.15, 0.2) is 0 Å². The molecule has 1 aromatic heterocycles. The van der Waals surface area contributed by atoms with Crippen molar-refractivity contribution in [2.75, 3.05) is 19.7 Å². The van der Waals surface area contributed by atoms with Gasteiger partial charge >= 0.3 is 0 Å². The summed E-state index contributed by atoms with van der Waals surface area (Å²) < 4.78 is 6.41. The van der Waals surface area contributed by atoms with Crippen LogP contribution in [0.15, 0.2) is 42.5 Å². The van der Waals surface area contributed by atoms with E-state index in [0.29, 0.717) is 28.9 Å². The van der Waals surface area contributed by atoms with Crippen LogP contribution in [0.4, 0.5) is 0 Å². The van der Waals surface area contributed by atoms with E-state index in [1.54, 1.807) is 12.1 Å². The zero-order chi connectivity index (χ0) is 13.9. The molecule has 0 radical (unpaired) electrons. The fraction of sp³-hybridized carbons (Fsp3) is 0.267. The van der Waals surface area contributed by atoms with Crippen LogP contribution in [0, 0.1) is 0 Å². The van der Waals surface area contributed by atoms with Gasteiger partial charge in [0.25, 0.3) is 5.91 Å². The molecule has 1 unspecified atom stereocenters. The number of thiophene rings is 1. The van der Waals surface area contributed by atoms with Gasteiger partial charge in [0.05, 0.1) is 22.4 Å². The van der Waals surface area contributed by atoms with Crippen molar-refractivity contribution in [2.24, 2.45) is 0 Å². The number of amides is 1. The van der Waals surface area contributed by atoms with Crippen molar-refractivity contribution in [2.45, 2.75) is 6.10 Å². The highest BCUT2D eigenvalue weighted by Gasteiger charge is 2.26. The maximum Gasteiger partial charge on any atom is 0.264 e. The largest absolute Gasteiger partial charge is 0.370 e. The monoisotopic (exact) mass is 307 g/mol. The summed E-state index contributed by atoms with van der Waals surface area (Å²) in [6.45, 7) is 1.76. The van der Waals surface area contributed by atoms with Crippen LogP contribution in [0.25, 0.3) is 0 Å². The number of hydrogen-bond acceptors (Lipinski definition) is 3. The van der Waals surface area contributed by atoms with Gasteiger partial charge in [-0.2, -0.15) is 0 Å². The van der Waals surface area contributed by atoms with Crippen LogP contribution in [0.5, 0.6) is 0 Å². The fourth-order valence-corrected chi connectivity index (χ4v) is 3.30. The first-order valence-corrected chi connectivity index (χ1v) is 7.64. The number of ether oxygens (including phenoxy) is 1. The predicted octanol–water partition coefficient (Wildman–Crippen LogP) is 3.62. The fourth-order valence-electron chi connectivity index (χ4n) is 2.29. The van der Waals surface area contributed by atoms with E-state index in [1.165, 1.54) is 11.3 Å². The van der Waals surface area contributed by atoms with E-state index in [2.05, 4.69) is 0 Å². The minimum absolute atomic E-state index is 0.0335. The molecule has 1 saturated heterocycles. The van der Waals surface area contributed by atoms with Crippen molar-refractivity contribution < 1.29 is 9.53 Å². The van der Waals surface area contributed by atoms with Crippen molar-refractivity contribution in [3.8, 4) is 0 Å². The van der Waals surface area contributed by atoms with Gasteiger partial charge in [-0.15, -0.1) is 11.3 Å². The molecule has 5 heteroatoms. The molecule has 3 rings (SSSR count). The number of rotatable bonds is 2. The van der Waals surface area contributed by atoms with E-state index in [0.717, 1.165) is 5.56 Å². The second-order valence-electron chi connectivity index (χ2n) is 4.63. The average Bonchev–Trinajstić information content (AvgIpc) is 2.94. The Balaban J connectivity index is 1.74. The normalized spacial score (nSPS) is 19.1. The SMILES string of the molecule is O=C(c1ccc(Cl)s1)N1CCOC(c2ccccc2)C1. The van der Waals surface area contributed by atoms with Crippen LogP contribution < -0.4 is 0 Å². The van der Waals surface area contributed by atoms with E-state index in [1.807, 2.05) is 35.2 Å². The Kier molecular flexibility index (Phi) is 4.05. The van der Waals surface area contributed by atoms with Crippen LogP contribution in [-0.2, 0) is 4.74 Å². The third-order valence-corrected chi connectivity index (χ3v) is 4.53. The Hall–Kier alpha value is -1.36. The summed E-state index contributed by atoms with van der Waals surface area (Å²) in [5, 5.41) is 0. The van der Waals surface area contributed by atoms with Crippen molar-refractivity contribution in [1.29, 1.82) is 0 Å². The molecule has 0 bridgehead atoms. The van der Waals surface area contributed by atoms with Gasteiger partial charge in [-0.25, -0.2) is 0 Å². The summed E-state index contributed by atoms with van der Waals surface area (Å²) in [7, 11) is 0. The van der Waals surface area contributed by atoms with E-state index in [4.69, 9.17) is 16.3 Å². The van der Waals surface area contributed by atoms with Gasteiger partial charge in [-0.05, 0) is 17.7 Å². The number of hydrogen-bond donors (Lipinski definition) is 0. The number of nitrogens with zero attached hydrogens (tertiary/aromatic N) is 1. The Morgan fingerprint density at radius 2 is 2.05 bits per heavy atom. The van der Waals surface area contributed by atoms with Gasteiger partial charge in [0, 0.05) is 6.54 Å². The zero-order valence-electron chi connectivity index (χ0n) is 10.8. The minimum Gasteiger partial charge on any atom is -0.370 e. The molecule has 2 aromatic rings. The topological polar surface area (TPSA) is 29.5 Å². The Morgan fingerprint density at radius 3 is 2.75 bits per heavy atom. The van der Waals surface area contributed by atoms with Gasteiger partial charge in [0.1, 0.15) is 6.10 Å². The van der Waals surface area contributed by atoms with Gasteiger partial charge in [0.2, 0.25) is 0 Å². The quantitative estimate of drug-likeness (QED) is 0.848. The maximum atomic E-state index is 12.4. The van der Waals surface area contributed by atoms with Crippen molar-refractivity contribution in [3.63, 3.8) is 0 Å². The molecule has 0 aliphatic carbocycles. The molecular formula is C15H14ClNO2S. The number of benzene rings is 1. The molecule has 0 N–H and O–H groups in total. The summed E-state index contributed by atoms with van der Waals surface area (Å²) in [5.74, 6) is 0.0335. The lowest BCUT2D eigenvalue weighted by atomic mass is 10.1. The lowest BCUT2D eigenvalue weighted by Gasteiger charge is -2.33. The highest BCUT2D eigenvalue weighted by Crippen LogP contribution is 2.26. The van der Waals surface area contributed by atoms with Crippen LogP contribution in [0.2, 0.25) is 4.34 Å². The molecule has 2 heterocycles. The Bertz CT molecular complexity index is 599. The molecule has 20 heavy (non-hydrogen) atoms. The molecule has 1 aliphatic rings. The smallest absolute Gasteiger partial charge is 0.264 e. The second kappa shape index (κ2) is 5.95. The van der Waals surface area contributed by atoms with Crippen molar-refractivity contribution >= 4 is 28.8 Å². The highest BCUT2D eigenvalue weighted by molar-refractivity contribution is 7.17. The molecule has 104 valence electrons. The number of carbonyl (C=O) groups excluding carboxylic acids is 1. The molecular weight excluding hydrogens is 294 g/mol. The number of halogens is 1. The predicted molar refractivity (Wildman–Crippen MR) is 80.4 cm³/mol. The maximum absolute atomic E-state index is 12.4. The molecule has 1 amide bonds. The average molecular weight is 308 g/mol. The van der Waals surface area contributed by atoms with Crippen molar-refractivity contribution in [1.82, 2.24) is 4.90 Å². The van der Waals surface area contributed by atoms with E-state index >= 15 is 0 Å². The first-order valence-electron chi connectivity index (χ1n) is 6.45. The summed E-state index contributed by atoms with van der Waals surface area (Å²) in [5.41, 5.74) is 1.11. The number of morpholine rings is 1. The zero-order valence-corrected chi connectivity index (χ0v) is 12.4. The minimum atomic E-state index is -0.0515. The molecule has 0 saturated carbocycles. The Labute approximate surface area is 126 Å². The van der Waals surface area contributed by atoms with Crippen molar-refractivity contribution in [3.05, 3.63) is 57.2 Å². The molecule has 1 aromatic carbocycles.